The van der Waals surface area contributed by atoms with Gasteiger partial charge in [-0.05, 0) is 91.2 Å². The fourth-order valence-electron chi connectivity index (χ4n) is 11.0. The van der Waals surface area contributed by atoms with E-state index in [0.717, 1.165) is 50.3 Å². The van der Waals surface area contributed by atoms with Crippen LogP contribution in [0.4, 0.5) is 11.6 Å². The first-order chi connectivity index (χ1) is 33.5. The fraction of sp³-hybridized carbons (Fsp3) is 0.468. The van der Waals surface area contributed by atoms with Crippen molar-refractivity contribution in [2.75, 3.05) is 24.0 Å². The van der Waals surface area contributed by atoms with E-state index in [1.54, 1.807) is 64.6 Å². The molecule has 4 aliphatic rings. The van der Waals surface area contributed by atoms with Crippen LogP contribution in [0.25, 0.3) is 33.5 Å². The number of nitrogens with one attached hydrogen (secondary N) is 2. The van der Waals surface area contributed by atoms with Crippen LogP contribution in [0.15, 0.2) is 65.2 Å². The lowest BCUT2D eigenvalue weighted by atomic mass is 9.87. The van der Waals surface area contributed by atoms with E-state index in [1.165, 1.54) is 21.6 Å². The summed E-state index contributed by atoms with van der Waals surface area (Å²) in [6.45, 7) is 6.67. The minimum Gasteiger partial charge on any atom is -0.384 e. The first kappa shape index (κ1) is 48.2. The normalized spacial score (nSPS) is 22.5. The van der Waals surface area contributed by atoms with Gasteiger partial charge >= 0.3 is 0 Å². The number of H-pyrrole nitrogens is 1. The van der Waals surface area contributed by atoms with E-state index in [0.29, 0.717) is 75.7 Å². The van der Waals surface area contributed by atoms with Crippen LogP contribution in [-0.2, 0) is 30.9 Å². The molecule has 24 heteroatoms. The van der Waals surface area contributed by atoms with Gasteiger partial charge in [-0.1, -0.05) is 12.1 Å². The molecular weight excluding hydrogens is 951 g/mol. The zero-order chi connectivity index (χ0) is 50.5. The second-order valence-corrected chi connectivity index (χ2v) is 24.3. The molecule has 11 rings (SSSR count). The predicted molar refractivity (Wildman–Crippen MR) is 261 cm³/mol. The third-order valence-electron chi connectivity index (χ3n) is 14.3. The smallest absolute Gasteiger partial charge is 0.291 e. The number of rotatable bonds is 9. The largest absolute Gasteiger partial charge is 0.384 e. The van der Waals surface area contributed by atoms with Gasteiger partial charge in [-0.25, -0.2) is 31.8 Å². The monoisotopic (exact) mass is 1010 g/mol. The predicted octanol–water partition coefficient (Wildman–Crippen LogP) is 3.68. The van der Waals surface area contributed by atoms with Gasteiger partial charge in [-0.15, -0.1) is 0 Å². The SMILES string of the molecule is CC(C)(O)c1ccc(-c2cnn3c(N)c(S(C)(=O)=O)c(C4C[C@H]5CC[C@@H](C4)N5)nc23)cn1.CC(C)(O)c1ccc(-c2cnn3c(N)c(S(C)(=O)=O)c(C4C[C@H]5CC[C@@H](C4)N5C(=O)c4ncn[nH]4)nc23)cn1. The molecule has 4 aliphatic heterocycles. The summed E-state index contributed by atoms with van der Waals surface area (Å²) in [5.74, 6) is -0.132. The van der Waals surface area contributed by atoms with Crippen molar-refractivity contribution in [2.24, 2.45) is 0 Å². The Labute approximate surface area is 409 Å². The molecule has 4 fully saturated rings. The number of aliphatic hydroxyl groups is 2. The number of pyridine rings is 2. The number of carbonyl (C=O) groups excluding carboxylic acids is 1. The Morgan fingerprint density at radius 3 is 1.49 bits per heavy atom. The lowest BCUT2D eigenvalue weighted by Gasteiger charge is -2.38. The minimum atomic E-state index is -3.75. The molecule has 0 aliphatic carbocycles. The van der Waals surface area contributed by atoms with Crippen molar-refractivity contribution in [2.45, 2.75) is 136 Å². The van der Waals surface area contributed by atoms with Crippen LogP contribution in [0.3, 0.4) is 0 Å². The highest BCUT2D eigenvalue weighted by Gasteiger charge is 2.46. The number of hydrogen-bond acceptors (Lipinski definition) is 18. The van der Waals surface area contributed by atoms with Crippen LogP contribution in [-0.4, -0.2) is 129 Å². The standard InChI is InChI=1S/C25H29N9O4S.C22H28N6O3S/c1-25(2,36)18-7-4-13(10-27-18)17-11-30-34-21(26)20(39(3,37)38)19(31-23(17)34)14-8-15-5-6-16(9-14)33(15)24(35)22-28-12-29-32-22;1-22(2,29)17-7-4-12(10-24-17)16-11-25-28-20(23)19(32(3,30)31)18(27-21(16)28)13-8-14-5-6-15(9-13)26-14/h4,7,10-12,14-16,36H,5-6,8-9,26H2,1-3H3,(H,28,29,32);4,7,10-11,13-15,26,29H,5-6,8-9,23H2,1-3H3/t14?,15-,16+;13?,14-,15+. The summed E-state index contributed by atoms with van der Waals surface area (Å²) in [6, 6.07) is 7.76. The van der Waals surface area contributed by atoms with Gasteiger partial charge in [0.15, 0.2) is 31.0 Å². The topological polar surface area (TPSA) is 321 Å². The average molecular weight is 1010 g/mol. The lowest BCUT2D eigenvalue weighted by molar-refractivity contribution is 0.0555. The molecule has 22 nitrogen and oxygen atoms in total. The van der Waals surface area contributed by atoms with Crippen molar-refractivity contribution < 1.29 is 31.8 Å². The van der Waals surface area contributed by atoms with E-state index in [1.807, 2.05) is 17.0 Å². The van der Waals surface area contributed by atoms with Gasteiger partial charge in [-0.2, -0.15) is 24.3 Å². The summed E-state index contributed by atoms with van der Waals surface area (Å²) in [6.07, 6.45) is 16.7. The van der Waals surface area contributed by atoms with Gasteiger partial charge in [0.1, 0.15) is 39.0 Å². The van der Waals surface area contributed by atoms with Crippen molar-refractivity contribution >= 4 is 48.5 Å². The maximum Gasteiger partial charge on any atom is 0.291 e. The summed E-state index contributed by atoms with van der Waals surface area (Å²) in [5, 5.41) is 39.2. The summed E-state index contributed by atoms with van der Waals surface area (Å²) in [4.78, 5) is 37.5. The second kappa shape index (κ2) is 17.4. The molecule has 4 bridgehead atoms. The number of piperidine rings is 2. The molecule has 0 radical (unpaired) electrons. The Kier molecular flexibility index (Phi) is 11.8. The summed E-state index contributed by atoms with van der Waals surface area (Å²) in [5.41, 5.74) is 16.5. The van der Waals surface area contributed by atoms with Gasteiger partial charge in [0, 0.05) is 83.2 Å². The van der Waals surface area contributed by atoms with Crippen LogP contribution < -0.4 is 16.8 Å². The highest BCUT2D eigenvalue weighted by Crippen LogP contribution is 2.46. The molecule has 71 heavy (non-hydrogen) atoms. The fourth-order valence-corrected chi connectivity index (χ4v) is 13.1. The van der Waals surface area contributed by atoms with E-state index < -0.39 is 30.9 Å². The zero-order valence-corrected chi connectivity index (χ0v) is 41.8. The molecule has 7 aromatic rings. The number of aromatic amines is 1. The second-order valence-electron chi connectivity index (χ2n) is 20.4. The van der Waals surface area contributed by atoms with E-state index >= 15 is 0 Å². The Bertz CT molecular complexity index is 3390. The van der Waals surface area contributed by atoms with E-state index in [-0.39, 0.29) is 57.1 Å². The Balaban J connectivity index is 0.000000167. The van der Waals surface area contributed by atoms with Gasteiger partial charge in [0.05, 0.1) is 35.2 Å². The molecule has 8 N–H and O–H groups in total. The zero-order valence-electron chi connectivity index (χ0n) is 40.1. The first-order valence-electron chi connectivity index (χ1n) is 23.5. The number of nitrogens with two attached hydrogens (primary N) is 2. The number of carbonyl (C=O) groups is 1. The molecule has 11 heterocycles. The number of sulfone groups is 2. The van der Waals surface area contributed by atoms with Gasteiger partial charge in [-0.3, -0.25) is 19.9 Å². The third-order valence-corrected chi connectivity index (χ3v) is 16.6. The molecule has 2 unspecified atom stereocenters. The highest BCUT2D eigenvalue weighted by molar-refractivity contribution is 7.91. The third kappa shape index (κ3) is 8.89. The lowest BCUT2D eigenvalue weighted by Crippen LogP contribution is -2.46. The maximum atomic E-state index is 13.1. The van der Waals surface area contributed by atoms with Crippen LogP contribution in [0.5, 0.6) is 0 Å². The van der Waals surface area contributed by atoms with Crippen molar-refractivity contribution in [3.8, 4) is 22.3 Å². The highest BCUT2D eigenvalue weighted by atomic mass is 32.2. The van der Waals surface area contributed by atoms with Crippen LogP contribution in [0.2, 0.25) is 0 Å². The molecule has 1 amide bonds. The van der Waals surface area contributed by atoms with Gasteiger partial charge in [0.25, 0.3) is 5.91 Å². The number of amides is 1. The number of nitrogen functional groups attached to an aromatic ring is 2. The van der Waals surface area contributed by atoms with Gasteiger partial charge in [0.2, 0.25) is 5.82 Å². The van der Waals surface area contributed by atoms with E-state index in [9.17, 15) is 31.8 Å². The first-order valence-corrected chi connectivity index (χ1v) is 27.3. The van der Waals surface area contributed by atoms with Crippen molar-refractivity contribution in [3.05, 3.63) is 84.0 Å². The van der Waals surface area contributed by atoms with Crippen LogP contribution >= 0.6 is 0 Å². The Morgan fingerprint density at radius 1 is 0.662 bits per heavy atom. The summed E-state index contributed by atoms with van der Waals surface area (Å²) >= 11 is 0. The number of aromatic nitrogens is 11. The van der Waals surface area contributed by atoms with Crippen LogP contribution in [0.1, 0.15) is 124 Å². The summed E-state index contributed by atoms with van der Waals surface area (Å²) in [7, 11) is -7.36. The number of anilines is 2. The van der Waals surface area contributed by atoms with E-state index in [4.69, 9.17) is 21.4 Å². The van der Waals surface area contributed by atoms with Crippen molar-refractivity contribution in [3.63, 3.8) is 0 Å². The minimum absolute atomic E-state index is 0.00247. The molecule has 374 valence electrons. The molecule has 4 saturated heterocycles. The molecule has 6 atom stereocenters. The van der Waals surface area contributed by atoms with Crippen molar-refractivity contribution in [1.82, 2.24) is 64.6 Å². The molecule has 0 saturated carbocycles. The number of nitrogens with zero attached hydrogens (tertiary/aromatic N) is 11. The van der Waals surface area contributed by atoms with E-state index in [2.05, 4.69) is 40.7 Å². The maximum absolute atomic E-state index is 13.1. The molecule has 0 aromatic carbocycles. The molecular formula is C47H57N15O7S2. The van der Waals surface area contributed by atoms with Crippen LogP contribution in [0, 0.1) is 0 Å². The Hall–Kier alpha value is -6.47. The quantitative estimate of drug-likeness (QED) is 0.120. The summed E-state index contributed by atoms with van der Waals surface area (Å²) < 4.78 is 54.2. The number of fused-ring (bicyclic) bond motifs is 6. The van der Waals surface area contributed by atoms with Crippen molar-refractivity contribution in [1.29, 1.82) is 0 Å². The van der Waals surface area contributed by atoms with Gasteiger partial charge < -0.3 is 31.9 Å². The molecule has 7 aromatic heterocycles. The number of hydrogen-bond donors (Lipinski definition) is 6. The average Bonchev–Trinajstić information content (AvgIpc) is 4.16. The Morgan fingerprint density at radius 2 is 1.11 bits per heavy atom. The molecule has 0 spiro atoms.